The number of fused-ring (bicyclic) bond motifs is 1. The van der Waals surface area contributed by atoms with Crippen LogP contribution < -0.4 is 20.5 Å². The van der Waals surface area contributed by atoms with Crippen molar-refractivity contribution in [3.05, 3.63) is 59.9 Å². The summed E-state index contributed by atoms with van der Waals surface area (Å²) in [6.07, 6.45) is 2.45. The van der Waals surface area contributed by atoms with Crippen LogP contribution in [0.15, 0.2) is 48.5 Å². The van der Waals surface area contributed by atoms with Crippen molar-refractivity contribution in [2.75, 3.05) is 24.3 Å². The summed E-state index contributed by atoms with van der Waals surface area (Å²) in [5.74, 6) is 1.69. The fourth-order valence-electron chi connectivity index (χ4n) is 2.85. The standard InChI is InChI=1S/C21H18N6O2/c22-13-15(12-14-6-4-9-17-18(14)29-11-5-10-28-17)19-25-20(23)27-21(26-19)24-16-7-2-1-3-8-16/h1-4,6-9,12H,5,10-11H2,(H3,23,24,25,26,27)/b15-12+. The third kappa shape index (κ3) is 4.25. The summed E-state index contributed by atoms with van der Waals surface area (Å²) < 4.78 is 11.5. The van der Waals surface area contributed by atoms with E-state index in [1.54, 1.807) is 6.08 Å². The van der Waals surface area contributed by atoms with Crippen molar-refractivity contribution in [1.29, 1.82) is 5.26 Å². The molecule has 1 aromatic heterocycles. The highest BCUT2D eigenvalue weighted by atomic mass is 16.5. The van der Waals surface area contributed by atoms with Gasteiger partial charge in [0.05, 0.1) is 18.8 Å². The average molecular weight is 386 g/mol. The van der Waals surface area contributed by atoms with E-state index in [0.29, 0.717) is 30.3 Å². The van der Waals surface area contributed by atoms with Gasteiger partial charge in [0.25, 0.3) is 0 Å². The van der Waals surface area contributed by atoms with E-state index < -0.39 is 0 Å². The predicted molar refractivity (Wildman–Crippen MR) is 109 cm³/mol. The summed E-state index contributed by atoms with van der Waals surface area (Å²) >= 11 is 0. The minimum atomic E-state index is 0.0149. The lowest BCUT2D eigenvalue weighted by Crippen LogP contribution is -2.06. The van der Waals surface area contributed by atoms with E-state index in [9.17, 15) is 5.26 Å². The molecule has 0 spiro atoms. The molecule has 144 valence electrons. The maximum Gasteiger partial charge on any atom is 0.232 e. The zero-order valence-corrected chi connectivity index (χ0v) is 15.5. The molecule has 0 fully saturated rings. The lowest BCUT2D eigenvalue weighted by Gasteiger charge is -2.10. The SMILES string of the molecule is N#C/C(=C\c1cccc2c1OCCCO2)c1nc(N)nc(Nc2ccccc2)n1. The second-order valence-corrected chi connectivity index (χ2v) is 6.23. The summed E-state index contributed by atoms with van der Waals surface area (Å²) in [4.78, 5) is 12.6. The van der Waals surface area contributed by atoms with E-state index in [4.69, 9.17) is 15.2 Å². The molecule has 0 aliphatic carbocycles. The van der Waals surface area contributed by atoms with Crippen LogP contribution in [0.1, 0.15) is 17.8 Å². The number of benzene rings is 2. The number of hydrogen-bond donors (Lipinski definition) is 2. The Morgan fingerprint density at radius 2 is 1.86 bits per heavy atom. The first-order valence-electron chi connectivity index (χ1n) is 9.07. The van der Waals surface area contributed by atoms with Crippen LogP contribution in [0.25, 0.3) is 11.6 Å². The number of nitrogens with one attached hydrogen (secondary N) is 1. The molecule has 0 bridgehead atoms. The van der Waals surface area contributed by atoms with Gasteiger partial charge in [-0.3, -0.25) is 0 Å². The van der Waals surface area contributed by atoms with Crippen molar-refractivity contribution in [2.24, 2.45) is 0 Å². The van der Waals surface area contributed by atoms with Gasteiger partial charge in [-0.2, -0.15) is 20.2 Å². The van der Waals surface area contributed by atoms with Crippen molar-refractivity contribution in [3.63, 3.8) is 0 Å². The monoisotopic (exact) mass is 386 g/mol. The first kappa shape index (κ1) is 18.3. The topological polar surface area (TPSA) is 119 Å². The molecular weight excluding hydrogens is 368 g/mol. The summed E-state index contributed by atoms with van der Waals surface area (Å²) in [6.45, 7) is 1.13. The first-order chi connectivity index (χ1) is 14.2. The second kappa shape index (κ2) is 8.27. The molecule has 2 heterocycles. The highest BCUT2D eigenvalue weighted by molar-refractivity contribution is 5.89. The number of nitrogens with two attached hydrogens (primary N) is 1. The van der Waals surface area contributed by atoms with E-state index in [1.165, 1.54) is 0 Å². The zero-order chi connectivity index (χ0) is 20.1. The Morgan fingerprint density at radius 1 is 1.03 bits per heavy atom. The van der Waals surface area contributed by atoms with Crippen LogP contribution in [0, 0.1) is 11.3 Å². The van der Waals surface area contributed by atoms with E-state index in [1.807, 2.05) is 48.5 Å². The molecule has 1 aliphatic rings. The van der Waals surface area contributed by atoms with Crippen LogP contribution in [0.2, 0.25) is 0 Å². The number of ether oxygens (including phenoxy) is 2. The number of hydrogen-bond acceptors (Lipinski definition) is 8. The van der Waals surface area contributed by atoms with Crippen molar-refractivity contribution in [2.45, 2.75) is 6.42 Å². The third-order valence-corrected chi connectivity index (χ3v) is 4.15. The molecule has 8 heteroatoms. The van der Waals surface area contributed by atoms with Crippen molar-refractivity contribution in [3.8, 4) is 17.6 Å². The Hall–Kier alpha value is -4.12. The predicted octanol–water partition coefficient (Wildman–Crippen LogP) is 3.42. The number of aromatic nitrogens is 3. The van der Waals surface area contributed by atoms with Gasteiger partial charge in [0.15, 0.2) is 17.3 Å². The molecule has 0 saturated heterocycles. The lowest BCUT2D eigenvalue weighted by molar-refractivity contribution is 0.296. The highest BCUT2D eigenvalue weighted by Crippen LogP contribution is 2.35. The van der Waals surface area contributed by atoms with Crippen LogP contribution in [-0.2, 0) is 0 Å². The number of para-hydroxylation sites is 2. The molecular formula is C21H18N6O2. The van der Waals surface area contributed by atoms with Gasteiger partial charge in [-0.05, 0) is 24.3 Å². The Balaban J connectivity index is 1.71. The van der Waals surface area contributed by atoms with Gasteiger partial charge in [-0.1, -0.05) is 30.3 Å². The van der Waals surface area contributed by atoms with E-state index in [0.717, 1.165) is 12.1 Å². The molecule has 8 nitrogen and oxygen atoms in total. The molecule has 2 aromatic carbocycles. The number of nitriles is 1. The Kier molecular flexibility index (Phi) is 5.21. The molecule has 0 saturated carbocycles. The first-order valence-corrected chi connectivity index (χ1v) is 9.07. The van der Waals surface area contributed by atoms with E-state index in [2.05, 4.69) is 26.3 Å². The third-order valence-electron chi connectivity index (χ3n) is 4.15. The molecule has 0 unspecified atom stereocenters. The highest BCUT2D eigenvalue weighted by Gasteiger charge is 2.16. The van der Waals surface area contributed by atoms with Crippen LogP contribution >= 0.6 is 0 Å². The largest absolute Gasteiger partial charge is 0.490 e. The summed E-state index contributed by atoms with van der Waals surface area (Å²) in [5, 5.41) is 12.8. The summed E-state index contributed by atoms with van der Waals surface area (Å²) in [6, 6.07) is 17.1. The lowest BCUT2D eigenvalue weighted by atomic mass is 10.1. The van der Waals surface area contributed by atoms with Crippen LogP contribution in [0.5, 0.6) is 11.5 Å². The molecule has 3 aromatic rings. The molecule has 0 radical (unpaired) electrons. The number of allylic oxidation sites excluding steroid dienone is 1. The Bertz CT molecular complexity index is 1090. The van der Waals surface area contributed by atoms with Crippen molar-refractivity contribution >= 4 is 29.2 Å². The van der Waals surface area contributed by atoms with E-state index in [-0.39, 0.29) is 23.3 Å². The number of nitrogens with zero attached hydrogens (tertiary/aromatic N) is 4. The summed E-state index contributed by atoms with van der Waals surface area (Å²) in [7, 11) is 0. The smallest absolute Gasteiger partial charge is 0.232 e. The quantitative estimate of drug-likeness (QED) is 0.655. The van der Waals surface area contributed by atoms with Gasteiger partial charge in [-0.15, -0.1) is 0 Å². The second-order valence-electron chi connectivity index (χ2n) is 6.23. The maximum atomic E-state index is 9.72. The van der Waals surface area contributed by atoms with Crippen LogP contribution in [0.4, 0.5) is 17.6 Å². The van der Waals surface area contributed by atoms with Crippen LogP contribution in [0.3, 0.4) is 0 Å². The van der Waals surface area contributed by atoms with Crippen molar-refractivity contribution in [1.82, 2.24) is 15.0 Å². The number of rotatable bonds is 4. The zero-order valence-electron chi connectivity index (χ0n) is 15.5. The molecule has 0 atom stereocenters. The van der Waals surface area contributed by atoms with Gasteiger partial charge < -0.3 is 20.5 Å². The number of nitrogen functional groups attached to an aromatic ring is 1. The van der Waals surface area contributed by atoms with Gasteiger partial charge in [-0.25, -0.2) is 0 Å². The normalized spacial score (nSPS) is 13.3. The molecule has 29 heavy (non-hydrogen) atoms. The van der Waals surface area contributed by atoms with Crippen molar-refractivity contribution < 1.29 is 9.47 Å². The molecule has 4 rings (SSSR count). The minimum Gasteiger partial charge on any atom is -0.490 e. The summed E-state index contributed by atoms with van der Waals surface area (Å²) in [5.41, 5.74) is 7.58. The minimum absolute atomic E-state index is 0.0149. The molecule has 0 amide bonds. The fourth-order valence-corrected chi connectivity index (χ4v) is 2.85. The van der Waals surface area contributed by atoms with Gasteiger partial charge in [0.1, 0.15) is 6.07 Å². The van der Waals surface area contributed by atoms with Crippen LogP contribution in [-0.4, -0.2) is 28.2 Å². The van der Waals surface area contributed by atoms with Gasteiger partial charge >= 0.3 is 0 Å². The van der Waals surface area contributed by atoms with E-state index >= 15 is 0 Å². The Morgan fingerprint density at radius 3 is 2.69 bits per heavy atom. The maximum absolute atomic E-state index is 9.72. The van der Waals surface area contributed by atoms with Gasteiger partial charge in [0, 0.05) is 17.7 Å². The fraction of sp³-hybridized carbons (Fsp3) is 0.143. The Labute approximate surface area is 167 Å². The average Bonchev–Trinajstić information content (AvgIpc) is 2.98. The molecule has 1 aliphatic heterocycles. The van der Waals surface area contributed by atoms with Gasteiger partial charge in [0.2, 0.25) is 11.9 Å². The number of anilines is 3. The molecule has 3 N–H and O–H groups in total.